The Morgan fingerprint density at radius 2 is 1.33 bits per heavy atom. The van der Waals surface area contributed by atoms with Crippen molar-refractivity contribution in [2.24, 2.45) is 5.73 Å². The van der Waals surface area contributed by atoms with Crippen molar-refractivity contribution in [3.05, 3.63) is 143 Å². The maximum Gasteiger partial charge on any atom is 0.242 e. The number of nitrogen functional groups attached to an aromatic ring is 1. The second kappa shape index (κ2) is 16.7. The van der Waals surface area contributed by atoms with E-state index in [1.165, 1.54) is 11.8 Å². The lowest BCUT2D eigenvalue weighted by molar-refractivity contribution is -0.130. The van der Waals surface area contributed by atoms with Crippen molar-refractivity contribution >= 4 is 39.4 Å². The predicted octanol–water partition coefficient (Wildman–Crippen LogP) is 4.15. The first-order chi connectivity index (χ1) is 22.2. The van der Waals surface area contributed by atoms with Crippen LogP contribution in [0.1, 0.15) is 40.2 Å². The van der Waals surface area contributed by atoms with E-state index in [1.54, 1.807) is 48.5 Å². The summed E-state index contributed by atoms with van der Waals surface area (Å²) in [6.07, 6.45) is 2.25. The van der Waals surface area contributed by atoms with Gasteiger partial charge in [0.15, 0.2) is 0 Å². The highest BCUT2D eigenvalue weighted by molar-refractivity contribution is 7.98. The highest BCUT2D eigenvalue weighted by atomic mass is 32.2. The van der Waals surface area contributed by atoms with Crippen LogP contribution in [-0.4, -0.2) is 50.2 Å². The molecule has 0 spiro atoms. The molecule has 2 unspecified atom stereocenters. The topological polar surface area (TPSA) is 154 Å². The average Bonchev–Trinajstić information content (AvgIpc) is 3.06. The summed E-state index contributed by atoms with van der Waals surface area (Å²) in [4.78, 5) is 27.7. The molecule has 0 aliphatic rings. The third-order valence-electron chi connectivity index (χ3n) is 7.41. The van der Waals surface area contributed by atoms with Crippen molar-refractivity contribution in [1.82, 2.24) is 15.4 Å². The van der Waals surface area contributed by atoms with Crippen LogP contribution in [0.3, 0.4) is 0 Å². The van der Waals surface area contributed by atoms with Gasteiger partial charge in [0.25, 0.3) is 0 Å². The highest BCUT2D eigenvalue weighted by Crippen LogP contribution is 2.29. The predicted molar refractivity (Wildman–Crippen MR) is 185 cm³/mol. The largest absolute Gasteiger partial charge is 0.384 e. The second-order valence-corrected chi connectivity index (χ2v) is 13.5. The minimum Gasteiger partial charge on any atom is -0.384 e. The van der Waals surface area contributed by atoms with Gasteiger partial charge >= 0.3 is 0 Å². The Bertz CT molecular complexity index is 1650. The fraction of sp³-hybridized carbons (Fsp3) is 0.229. The molecule has 0 saturated heterocycles. The summed E-state index contributed by atoms with van der Waals surface area (Å²) in [6.45, 7) is 0.201. The molecule has 0 aromatic heterocycles. The number of sulfonamides is 1. The SMILES string of the molecule is CSCCC(NC(=O)C(NS(=O)(=O)Cc1ccccc1)C(c1ccccc1)c1ccccc1)C(=O)NCc1ccc(C(=N)N)cc1. The van der Waals surface area contributed by atoms with E-state index in [-0.39, 0.29) is 24.0 Å². The van der Waals surface area contributed by atoms with Crippen LogP contribution in [0.4, 0.5) is 0 Å². The molecule has 11 heteroatoms. The summed E-state index contributed by atoms with van der Waals surface area (Å²) in [5.41, 5.74) is 8.99. The molecule has 0 fully saturated rings. The van der Waals surface area contributed by atoms with Crippen LogP contribution >= 0.6 is 11.8 Å². The van der Waals surface area contributed by atoms with E-state index in [9.17, 15) is 18.0 Å². The van der Waals surface area contributed by atoms with E-state index < -0.39 is 33.9 Å². The van der Waals surface area contributed by atoms with Gasteiger partial charge < -0.3 is 16.4 Å². The van der Waals surface area contributed by atoms with Gasteiger partial charge in [0.1, 0.15) is 17.9 Å². The van der Waals surface area contributed by atoms with Gasteiger partial charge in [-0.05, 0) is 40.7 Å². The molecule has 2 amide bonds. The summed E-state index contributed by atoms with van der Waals surface area (Å²) >= 11 is 1.54. The number of hydrogen-bond donors (Lipinski definition) is 5. The highest BCUT2D eigenvalue weighted by Gasteiger charge is 2.36. The van der Waals surface area contributed by atoms with E-state index in [0.29, 0.717) is 23.3 Å². The van der Waals surface area contributed by atoms with Gasteiger partial charge in [-0.15, -0.1) is 0 Å². The monoisotopic (exact) mass is 657 g/mol. The summed E-state index contributed by atoms with van der Waals surface area (Å²) < 4.78 is 29.9. The van der Waals surface area contributed by atoms with Crippen LogP contribution in [0.5, 0.6) is 0 Å². The number of nitrogens with two attached hydrogens (primary N) is 1. The molecular weight excluding hydrogens is 619 g/mol. The van der Waals surface area contributed by atoms with Crippen molar-refractivity contribution in [3.8, 4) is 0 Å². The number of carbonyl (C=O) groups is 2. The Hall–Kier alpha value is -4.45. The number of amidine groups is 1. The molecule has 4 aromatic carbocycles. The number of amides is 2. The van der Waals surface area contributed by atoms with Gasteiger partial charge in [-0.1, -0.05) is 115 Å². The third-order valence-corrected chi connectivity index (χ3v) is 9.38. The smallest absolute Gasteiger partial charge is 0.242 e. The van der Waals surface area contributed by atoms with Crippen LogP contribution in [0.15, 0.2) is 115 Å². The zero-order valence-corrected chi connectivity index (χ0v) is 27.2. The molecule has 0 aliphatic carbocycles. The molecule has 4 rings (SSSR count). The van der Waals surface area contributed by atoms with E-state index in [2.05, 4.69) is 15.4 Å². The number of thioether (sulfide) groups is 1. The number of hydrogen-bond acceptors (Lipinski definition) is 6. The Labute approximate surface area is 274 Å². The zero-order valence-electron chi connectivity index (χ0n) is 25.6. The number of nitrogens with one attached hydrogen (secondary N) is 4. The van der Waals surface area contributed by atoms with Gasteiger partial charge in [0.05, 0.1) is 5.75 Å². The van der Waals surface area contributed by atoms with Gasteiger partial charge in [-0.25, -0.2) is 13.1 Å². The second-order valence-electron chi connectivity index (χ2n) is 10.8. The standard InChI is InChI=1S/C35H39N5O4S2/c1-45-22-21-30(34(41)38-23-25-17-19-29(20-18-25)33(36)37)39-35(42)32(40-46(43,44)24-26-11-5-2-6-12-26)31(27-13-7-3-8-14-27)28-15-9-4-10-16-28/h2-20,30-32,40H,21-24H2,1H3,(H3,36,37)(H,38,41)(H,39,42). The Kier molecular flexibility index (Phi) is 12.5. The summed E-state index contributed by atoms with van der Waals surface area (Å²) in [7, 11) is -4.01. The average molecular weight is 658 g/mol. The first-order valence-electron chi connectivity index (χ1n) is 14.8. The van der Waals surface area contributed by atoms with Crippen molar-refractivity contribution < 1.29 is 18.0 Å². The number of benzene rings is 4. The van der Waals surface area contributed by atoms with Crippen molar-refractivity contribution in [3.63, 3.8) is 0 Å². The first kappa shape index (κ1) is 34.4. The Balaban J connectivity index is 1.63. The lowest BCUT2D eigenvalue weighted by atomic mass is 9.85. The normalized spacial score (nSPS) is 12.7. The van der Waals surface area contributed by atoms with E-state index >= 15 is 0 Å². The first-order valence-corrected chi connectivity index (χ1v) is 17.9. The molecule has 9 nitrogen and oxygen atoms in total. The molecule has 240 valence electrons. The summed E-state index contributed by atoms with van der Waals surface area (Å²) in [5.74, 6) is -1.45. The molecule has 4 aromatic rings. The molecule has 2 atom stereocenters. The van der Waals surface area contributed by atoms with Crippen LogP contribution in [0.25, 0.3) is 0 Å². The van der Waals surface area contributed by atoms with Gasteiger partial charge in [-0.2, -0.15) is 11.8 Å². The molecular formula is C35H39N5O4S2. The third kappa shape index (κ3) is 10.0. The molecule has 0 heterocycles. The lowest BCUT2D eigenvalue weighted by Crippen LogP contribution is -2.55. The maximum absolute atomic E-state index is 14.3. The van der Waals surface area contributed by atoms with Crippen molar-refractivity contribution in [2.75, 3.05) is 12.0 Å². The number of rotatable bonds is 16. The van der Waals surface area contributed by atoms with Crippen LogP contribution in [0, 0.1) is 5.41 Å². The number of carbonyl (C=O) groups excluding carboxylic acids is 2. The summed E-state index contributed by atoms with van der Waals surface area (Å²) in [5, 5.41) is 13.3. The quantitative estimate of drug-likeness (QED) is 0.0902. The fourth-order valence-corrected chi connectivity index (χ4v) is 6.90. The van der Waals surface area contributed by atoms with Gasteiger partial charge in [0.2, 0.25) is 21.8 Å². The van der Waals surface area contributed by atoms with Crippen LogP contribution < -0.4 is 21.1 Å². The van der Waals surface area contributed by atoms with Crippen molar-refractivity contribution in [1.29, 1.82) is 5.41 Å². The van der Waals surface area contributed by atoms with Gasteiger partial charge in [-0.3, -0.25) is 15.0 Å². The Morgan fingerprint density at radius 1 is 0.783 bits per heavy atom. The molecule has 0 radical (unpaired) electrons. The van der Waals surface area contributed by atoms with Crippen LogP contribution in [0.2, 0.25) is 0 Å². The molecule has 0 bridgehead atoms. The minimum absolute atomic E-state index is 0.0475. The molecule has 0 aliphatic heterocycles. The van der Waals surface area contributed by atoms with Crippen LogP contribution in [-0.2, 0) is 31.9 Å². The zero-order chi connectivity index (χ0) is 32.9. The lowest BCUT2D eigenvalue weighted by Gasteiger charge is -2.30. The minimum atomic E-state index is -4.01. The molecule has 0 saturated carbocycles. The molecule has 46 heavy (non-hydrogen) atoms. The Morgan fingerprint density at radius 3 is 1.85 bits per heavy atom. The maximum atomic E-state index is 14.3. The van der Waals surface area contributed by atoms with Crippen molar-refractivity contribution in [2.45, 2.75) is 36.7 Å². The van der Waals surface area contributed by atoms with E-state index in [0.717, 1.165) is 16.7 Å². The summed E-state index contributed by atoms with van der Waals surface area (Å²) in [6, 6.07) is 32.1. The van der Waals surface area contributed by atoms with E-state index in [1.807, 2.05) is 73.0 Å². The fourth-order valence-electron chi connectivity index (χ4n) is 5.08. The van der Waals surface area contributed by atoms with E-state index in [4.69, 9.17) is 11.1 Å². The van der Waals surface area contributed by atoms with Gasteiger partial charge in [0, 0.05) is 18.0 Å². The molecule has 6 N–H and O–H groups in total.